The minimum absolute atomic E-state index is 0.172. The minimum Gasteiger partial charge on any atom is -0.309 e. The zero-order valence-corrected chi connectivity index (χ0v) is 10.4. The maximum atomic E-state index is 14.2. The molecule has 1 aliphatic heterocycles. The van der Waals surface area contributed by atoms with Gasteiger partial charge in [-0.05, 0) is 37.9 Å². The van der Waals surface area contributed by atoms with Crippen molar-refractivity contribution in [2.45, 2.75) is 25.8 Å². The average Bonchev–Trinajstić information content (AvgIpc) is 3.01. The minimum atomic E-state index is -0.172. The molecule has 0 spiro atoms. The van der Waals surface area contributed by atoms with Crippen molar-refractivity contribution < 1.29 is 4.39 Å². The lowest BCUT2D eigenvalue weighted by Crippen LogP contribution is -2.16. The van der Waals surface area contributed by atoms with Crippen molar-refractivity contribution in [3.63, 3.8) is 0 Å². The Kier molecular flexibility index (Phi) is 2.88. The quantitative estimate of drug-likeness (QED) is 0.881. The normalized spacial score (nSPS) is 19.3. The van der Waals surface area contributed by atoms with Gasteiger partial charge < -0.3 is 5.32 Å². The van der Waals surface area contributed by atoms with Crippen LogP contribution >= 0.6 is 0 Å². The zero-order valence-electron chi connectivity index (χ0n) is 10.4. The van der Waals surface area contributed by atoms with Crippen molar-refractivity contribution in [2.75, 3.05) is 6.54 Å². The molecular weight excluding hydrogens is 229 g/mol. The van der Waals surface area contributed by atoms with Crippen LogP contribution in [0.25, 0.3) is 5.69 Å². The summed E-state index contributed by atoms with van der Waals surface area (Å²) in [5.41, 5.74) is 2.28. The Morgan fingerprint density at radius 2 is 2.33 bits per heavy atom. The molecule has 3 rings (SSSR count). The highest BCUT2D eigenvalue weighted by Crippen LogP contribution is 2.26. The number of hydrogen-bond donors (Lipinski definition) is 1. The van der Waals surface area contributed by atoms with E-state index in [9.17, 15) is 4.39 Å². The second kappa shape index (κ2) is 4.53. The van der Waals surface area contributed by atoms with Crippen LogP contribution in [0.4, 0.5) is 4.39 Å². The number of benzene rings is 1. The van der Waals surface area contributed by atoms with Gasteiger partial charge in [0.1, 0.15) is 5.82 Å². The Morgan fingerprint density at radius 1 is 1.44 bits per heavy atom. The topological polar surface area (TPSA) is 29.9 Å². The summed E-state index contributed by atoms with van der Waals surface area (Å²) in [7, 11) is 0. The van der Waals surface area contributed by atoms with Gasteiger partial charge >= 0.3 is 0 Å². The molecular formula is C14H16FN3. The molecule has 0 aliphatic carbocycles. The molecule has 4 heteroatoms. The van der Waals surface area contributed by atoms with Crippen molar-refractivity contribution in [3.8, 4) is 5.69 Å². The number of nitrogens with one attached hydrogen (secondary N) is 1. The number of hydrogen-bond acceptors (Lipinski definition) is 2. The van der Waals surface area contributed by atoms with Gasteiger partial charge in [0, 0.05) is 6.04 Å². The van der Waals surface area contributed by atoms with E-state index < -0.39 is 0 Å². The summed E-state index contributed by atoms with van der Waals surface area (Å²) in [6.45, 7) is 2.80. The number of aryl methyl sites for hydroxylation is 1. The molecule has 0 bridgehead atoms. The Labute approximate surface area is 106 Å². The van der Waals surface area contributed by atoms with E-state index in [1.165, 1.54) is 0 Å². The predicted octanol–water partition coefficient (Wildman–Crippen LogP) is 2.74. The molecule has 0 amide bonds. The van der Waals surface area contributed by atoms with Crippen LogP contribution in [0.2, 0.25) is 0 Å². The second-order valence-corrected chi connectivity index (χ2v) is 4.75. The van der Waals surface area contributed by atoms with Crippen molar-refractivity contribution in [2.24, 2.45) is 0 Å². The number of imidazole rings is 1. The average molecular weight is 245 g/mol. The third-order valence-corrected chi connectivity index (χ3v) is 3.52. The predicted molar refractivity (Wildman–Crippen MR) is 68.2 cm³/mol. The smallest absolute Gasteiger partial charge is 0.150 e. The van der Waals surface area contributed by atoms with Gasteiger partial charge in [-0.1, -0.05) is 12.1 Å². The summed E-state index contributed by atoms with van der Waals surface area (Å²) in [6, 6.07) is 5.73. The highest BCUT2D eigenvalue weighted by Gasteiger charge is 2.21. The van der Waals surface area contributed by atoms with Crippen LogP contribution in [0.15, 0.2) is 30.7 Å². The van der Waals surface area contributed by atoms with Crippen molar-refractivity contribution in [1.82, 2.24) is 14.9 Å². The highest BCUT2D eigenvalue weighted by molar-refractivity contribution is 5.39. The van der Waals surface area contributed by atoms with Crippen molar-refractivity contribution in [3.05, 3.63) is 47.8 Å². The van der Waals surface area contributed by atoms with Gasteiger partial charge in [0.25, 0.3) is 0 Å². The SMILES string of the molecule is Cc1cccc(-n2cncc2[C@@H]2CCCN2)c1F. The van der Waals surface area contributed by atoms with E-state index in [0.717, 1.165) is 25.1 Å². The summed E-state index contributed by atoms with van der Waals surface area (Å²) in [5, 5.41) is 3.42. The Bertz CT molecular complexity index is 556. The summed E-state index contributed by atoms with van der Waals surface area (Å²) >= 11 is 0. The molecule has 1 aromatic carbocycles. The molecule has 1 atom stereocenters. The van der Waals surface area contributed by atoms with Crippen LogP contribution < -0.4 is 5.32 Å². The van der Waals surface area contributed by atoms with E-state index in [1.54, 1.807) is 25.4 Å². The molecule has 1 aromatic heterocycles. The maximum Gasteiger partial charge on any atom is 0.150 e. The lowest BCUT2D eigenvalue weighted by molar-refractivity contribution is 0.586. The first kappa shape index (κ1) is 11.4. The first-order valence-corrected chi connectivity index (χ1v) is 6.28. The van der Waals surface area contributed by atoms with Crippen LogP contribution in [0.3, 0.4) is 0 Å². The molecule has 0 unspecified atom stereocenters. The number of rotatable bonds is 2. The third kappa shape index (κ3) is 1.82. The number of nitrogens with zero attached hydrogens (tertiary/aromatic N) is 2. The second-order valence-electron chi connectivity index (χ2n) is 4.75. The lowest BCUT2D eigenvalue weighted by atomic mass is 10.1. The first-order chi connectivity index (χ1) is 8.77. The summed E-state index contributed by atoms with van der Waals surface area (Å²) in [5.74, 6) is -0.172. The zero-order chi connectivity index (χ0) is 12.5. The Hall–Kier alpha value is -1.68. The molecule has 94 valence electrons. The van der Waals surface area contributed by atoms with E-state index in [4.69, 9.17) is 0 Å². The molecule has 18 heavy (non-hydrogen) atoms. The van der Waals surface area contributed by atoms with Gasteiger partial charge in [-0.15, -0.1) is 0 Å². The molecule has 2 heterocycles. The number of aromatic nitrogens is 2. The molecule has 1 saturated heterocycles. The lowest BCUT2D eigenvalue weighted by Gasteiger charge is -2.15. The van der Waals surface area contributed by atoms with E-state index in [-0.39, 0.29) is 11.9 Å². The molecule has 0 saturated carbocycles. The standard InChI is InChI=1S/C14H16FN3/c1-10-4-2-6-12(14(10)15)18-9-16-8-13(18)11-5-3-7-17-11/h2,4,6,8-9,11,17H,3,5,7H2,1H3/t11-/m0/s1. The molecule has 1 aliphatic rings. The van der Waals surface area contributed by atoms with Crippen molar-refractivity contribution >= 4 is 0 Å². The van der Waals surface area contributed by atoms with Gasteiger partial charge in [-0.3, -0.25) is 4.57 Å². The largest absolute Gasteiger partial charge is 0.309 e. The summed E-state index contributed by atoms with van der Waals surface area (Å²) < 4.78 is 16.0. The van der Waals surface area contributed by atoms with Crippen LogP contribution in [-0.2, 0) is 0 Å². The third-order valence-electron chi connectivity index (χ3n) is 3.52. The van der Waals surface area contributed by atoms with Gasteiger partial charge in [0.15, 0.2) is 0 Å². The van der Waals surface area contributed by atoms with Gasteiger partial charge in [0.05, 0.1) is 23.9 Å². The first-order valence-electron chi connectivity index (χ1n) is 6.28. The number of halogens is 1. The monoisotopic (exact) mass is 245 g/mol. The van der Waals surface area contributed by atoms with Crippen LogP contribution in [0, 0.1) is 12.7 Å². The van der Waals surface area contributed by atoms with E-state index >= 15 is 0 Å². The summed E-state index contributed by atoms with van der Waals surface area (Å²) in [6.07, 6.45) is 5.75. The van der Waals surface area contributed by atoms with Gasteiger partial charge in [-0.2, -0.15) is 0 Å². The highest BCUT2D eigenvalue weighted by atomic mass is 19.1. The van der Waals surface area contributed by atoms with Crippen molar-refractivity contribution in [1.29, 1.82) is 0 Å². The Morgan fingerprint density at radius 3 is 3.11 bits per heavy atom. The molecule has 0 radical (unpaired) electrons. The molecule has 3 nitrogen and oxygen atoms in total. The fraction of sp³-hybridized carbons (Fsp3) is 0.357. The van der Waals surface area contributed by atoms with E-state index in [1.807, 2.05) is 16.8 Å². The fourth-order valence-corrected chi connectivity index (χ4v) is 2.52. The molecule has 1 N–H and O–H groups in total. The van der Waals surface area contributed by atoms with Crippen LogP contribution in [0.1, 0.15) is 30.1 Å². The van der Waals surface area contributed by atoms with Crippen LogP contribution in [0.5, 0.6) is 0 Å². The maximum absolute atomic E-state index is 14.2. The molecule has 2 aromatic rings. The Balaban J connectivity index is 2.06. The van der Waals surface area contributed by atoms with E-state index in [2.05, 4.69) is 10.3 Å². The van der Waals surface area contributed by atoms with E-state index in [0.29, 0.717) is 11.3 Å². The molecule has 1 fully saturated rings. The van der Waals surface area contributed by atoms with Crippen LogP contribution in [-0.4, -0.2) is 16.1 Å². The summed E-state index contributed by atoms with van der Waals surface area (Å²) in [4.78, 5) is 4.17. The fourth-order valence-electron chi connectivity index (χ4n) is 2.52. The van der Waals surface area contributed by atoms with Gasteiger partial charge in [0.2, 0.25) is 0 Å². The van der Waals surface area contributed by atoms with Gasteiger partial charge in [-0.25, -0.2) is 9.37 Å².